The summed E-state index contributed by atoms with van der Waals surface area (Å²) in [7, 11) is 0. The normalized spacial score (nSPS) is 22.5. The highest BCUT2D eigenvalue weighted by Gasteiger charge is 2.41. The van der Waals surface area contributed by atoms with Crippen LogP contribution in [0, 0.1) is 0 Å². The lowest BCUT2D eigenvalue weighted by molar-refractivity contribution is 0.0559. The van der Waals surface area contributed by atoms with Gasteiger partial charge in [0.25, 0.3) is 11.8 Å². The number of hydrogen-bond donors (Lipinski definition) is 2. The van der Waals surface area contributed by atoms with Gasteiger partial charge in [0, 0.05) is 30.8 Å². The van der Waals surface area contributed by atoms with E-state index >= 15 is 0 Å². The van der Waals surface area contributed by atoms with Crippen molar-refractivity contribution in [2.24, 2.45) is 4.99 Å². The fourth-order valence-corrected chi connectivity index (χ4v) is 6.33. The molecule has 10 heteroatoms. The lowest BCUT2D eigenvalue weighted by atomic mass is 10.0. The summed E-state index contributed by atoms with van der Waals surface area (Å²) in [6.45, 7) is 7.31. The van der Waals surface area contributed by atoms with Gasteiger partial charge in [-0.25, -0.2) is 9.79 Å². The largest absolute Gasteiger partial charge is 0.444 e. The molecule has 0 bridgehead atoms. The lowest BCUT2D eigenvalue weighted by Crippen LogP contribution is -2.44. The molecule has 0 saturated carbocycles. The molecular formula is C27H38N4O5S. The van der Waals surface area contributed by atoms with E-state index < -0.39 is 11.7 Å². The van der Waals surface area contributed by atoms with E-state index in [1.54, 1.807) is 24.3 Å². The molecule has 1 aromatic carbocycles. The van der Waals surface area contributed by atoms with Gasteiger partial charge in [0.2, 0.25) is 5.96 Å². The number of ether oxygens (including phenoxy) is 2. The number of thioether (sulfide) groups is 1. The van der Waals surface area contributed by atoms with Gasteiger partial charge in [-0.15, -0.1) is 0 Å². The van der Waals surface area contributed by atoms with Gasteiger partial charge in [0.15, 0.2) is 0 Å². The minimum absolute atomic E-state index is 0.188. The van der Waals surface area contributed by atoms with Gasteiger partial charge in [-0.3, -0.25) is 19.8 Å². The molecule has 0 radical (unpaired) electrons. The maximum absolute atomic E-state index is 12.4. The number of nitrogens with one attached hydrogen (secondary N) is 2. The fourth-order valence-electron chi connectivity index (χ4n) is 4.81. The summed E-state index contributed by atoms with van der Waals surface area (Å²) in [6, 6.07) is 7.44. The minimum Gasteiger partial charge on any atom is -0.444 e. The Labute approximate surface area is 223 Å². The standard InChI is InChI=1S/C27H38N4O5S/c1-27(2,3)36-26(34)30-25-28-20-17-37-21(22(20)29-25)13-5-4-9-15-35-16-10-8-14-31-23(32)18-11-6-7-12-19(18)24(31)33/h6-7,11-12,20-22H,4-5,8-10,13-17H2,1-3H3,(H2,28,29,30,34)/t20-,21-,22-/m0/s1. The first-order valence-corrected chi connectivity index (χ1v) is 14.3. The SMILES string of the molecule is CC(C)(C)OC(=O)NC1=N[C@H]2[C@H](CS[C@H]2CCCCCOCCCCN2C(=O)c3ccccc3C2=O)N1. The van der Waals surface area contributed by atoms with Gasteiger partial charge in [-0.2, -0.15) is 11.8 Å². The minimum atomic E-state index is -0.539. The topological polar surface area (TPSA) is 109 Å². The maximum atomic E-state index is 12.4. The first kappa shape index (κ1) is 27.4. The van der Waals surface area contributed by atoms with Gasteiger partial charge < -0.3 is 14.8 Å². The van der Waals surface area contributed by atoms with Gasteiger partial charge in [-0.1, -0.05) is 25.0 Å². The summed E-state index contributed by atoms with van der Waals surface area (Å²) in [5, 5.41) is 6.51. The van der Waals surface area contributed by atoms with Crippen molar-refractivity contribution in [2.45, 2.75) is 82.2 Å². The number of unbranched alkanes of at least 4 members (excludes halogenated alkanes) is 3. The monoisotopic (exact) mass is 530 g/mol. The van der Waals surface area contributed by atoms with Gasteiger partial charge in [0.05, 0.1) is 23.2 Å². The Hall–Kier alpha value is -2.59. The molecule has 0 spiro atoms. The molecule has 3 atom stereocenters. The number of aliphatic imine (C=N–C) groups is 1. The number of fused-ring (bicyclic) bond motifs is 2. The molecule has 2 N–H and O–H groups in total. The average molecular weight is 531 g/mol. The number of hydrogen-bond acceptors (Lipinski definition) is 8. The Bertz CT molecular complexity index is 989. The third kappa shape index (κ3) is 7.25. The molecule has 37 heavy (non-hydrogen) atoms. The van der Waals surface area contributed by atoms with Gasteiger partial charge in [0.1, 0.15) is 5.60 Å². The molecule has 3 heterocycles. The molecular weight excluding hydrogens is 492 g/mol. The molecule has 4 rings (SSSR count). The maximum Gasteiger partial charge on any atom is 0.414 e. The summed E-state index contributed by atoms with van der Waals surface area (Å²) in [5.41, 5.74) is 0.469. The number of imide groups is 1. The summed E-state index contributed by atoms with van der Waals surface area (Å²) < 4.78 is 11.1. The highest BCUT2D eigenvalue weighted by Crippen LogP contribution is 2.35. The predicted octanol–water partition coefficient (Wildman–Crippen LogP) is 3.98. The Morgan fingerprint density at radius 2 is 1.76 bits per heavy atom. The second-order valence-corrected chi connectivity index (χ2v) is 12.0. The van der Waals surface area contributed by atoms with Crippen LogP contribution in [0.1, 0.15) is 80.0 Å². The predicted molar refractivity (Wildman–Crippen MR) is 144 cm³/mol. The summed E-state index contributed by atoms with van der Waals surface area (Å²) >= 11 is 1.95. The summed E-state index contributed by atoms with van der Waals surface area (Å²) in [6.07, 6.45) is 5.41. The van der Waals surface area contributed by atoms with Crippen LogP contribution < -0.4 is 10.6 Å². The molecule has 0 unspecified atom stereocenters. The molecule has 202 valence electrons. The highest BCUT2D eigenvalue weighted by atomic mass is 32.2. The van der Waals surface area contributed by atoms with Crippen LogP contribution in [0.25, 0.3) is 0 Å². The molecule has 0 aliphatic carbocycles. The fraction of sp³-hybridized carbons (Fsp3) is 0.630. The number of alkyl carbamates (subject to hydrolysis) is 1. The van der Waals surface area contributed by atoms with Crippen LogP contribution in [0.4, 0.5) is 4.79 Å². The van der Waals surface area contributed by atoms with Crippen molar-refractivity contribution in [1.82, 2.24) is 15.5 Å². The molecule has 3 aliphatic rings. The van der Waals surface area contributed by atoms with E-state index in [1.807, 2.05) is 32.5 Å². The van der Waals surface area contributed by atoms with Crippen molar-refractivity contribution >= 4 is 35.6 Å². The molecule has 9 nitrogen and oxygen atoms in total. The van der Waals surface area contributed by atoms with Crippen molar-refractivity contribution in [2.75, 3.05) is 25.5 Å². The molecule has 0 aromatic heterocycles. The molecule has 1 aromatic rings. The lowest BCUT2D eigenvalue weighted by Gasteiger charge is -2.19. The molecule has 1 fully saturated rings. The molecule has 3 aliphatic heterocycles. The zero-order valence-electron chi connectivity index (χ0n) is 22.0. The van der Waals surface area contributed by atoms with E-state index in [0.717, 1.165) is 50.9 Å². The Balaban J connectivity index is 1.03. The average Bonchev–Trinajstić information content (AvgIpc) is 3.47. The van der Waals surface area contributed by atoms with E-state index in [9.17, 15) is 14.4 Å². The van der Waals surface area contributed by atoms with Crippen molar-refractivity contribution in [3.8, 4) is 0 Å². The van der Waals surface area contributed by atoms with Gasteiger partial charge in [-0.05, 0) is 58.6 Å². The summed E-state index contributed by atoms with van der Waals surface area (Å²) in [4.78, 5) is 42.8. The van der Waals surface area contributed by atoms with Crippen molar-refractivity contribution in [1.29, 1.82) is 0 Å². The first-order chi connectivity index (χ1) is 17.7. The van der Waals surface area contributed by atoms with E-state index in [-0.39, 0.29) is 23.9 Å². The molecule has 1 saturated heterocycles. The smallest absolute Gasteiger partial charge is 0.414 e. The summed E-state index contributed by atoms with van der Waals surface area (Å²) in [5.74, 6) is 1.12. The second kappa shape index (κ2) is 12.3. The number of benzene rings is 1. The number of guanidine groups is 1. The van der Waals surface area contributed by atoms with Crippen LogP contribution in [0.5, 0.6) is 0 Å². The number of amides is 3. The Morgan fingerprint density at radius 1 is 1.08 bits per heavy atom. The van der Waals surface area contributed by atoms with Crippen molar-refractivity contribution in [3.63, 3.8) is 0 Å². The van der Waals surface area contributed by atoms with E-state index in [4.69, 9.17) is 14.5 Å². The zero-order valence-corrected chi connectivity index (χ0v) is 22.8. The first-order valence-electron chi connectivity index (χ1n) is 13.2. The second-order valence-electron chi connectivity index (χ2n) is 10.7. The quantitative estimate of drug-likeness (QED) is 0.329. The van der Waals surface area contributed by atoms with Crippen LogP contribution in [0.3, 0.4) is 0 Å². The van der Waals surface area contributed by atoms with E-state index in [0.29, 0.717) is 35.5 Å². The van der Waals surface area contributed by atoms with E-state index in [2.05, 4.69) is 10.6 Å². The third-order valence-electron chi connectivity index (χ3n) is 6.58. The van der Waals surface area contributed by atoms with Crippen LogP contribution in [-0.2, 0) is 9.47 Å². The number of nitrogens with zero attached hydrogens (tertiary/aromatic N) is 2. The van der Waals surface area contributed by atoms with E-state index in [1.165, 1.54) is 4.90 Å². The zero-order chi connectivity index (χ0) is 26.4. The third-order valence-corrected chi connectivity index (χ3v) is 8.07. The highest BCUT2D eigenvalue weighted by molar-refractivity contribution is 8.00. The number of carbonyl (C=O) groups excluding carboxylic acids is 3. The Morgan fingerprint density at radius 3 is 2.43 bits per heavy atom. The number of carbonyl (C=O) groups is 3. The molecule has 3 amide bonds. The van der Waals surface area contributed by atoms with Crippen LogP contribution in [-0.4, -0.2) is 77.2 Å². The van der Waals surface area contributed by atoms with Crippen LogP contribution in [0.2, 0.25) is 0 Å². The van der Waals surface area contributed by atoms with Crippen LogP contribution in [0.15, 0.2) is 29.3 Å². The van der Waals surface area contributed by atoms with Crippen molar-refractivity contribution < 1.29 is 23.9 Å². The van der Waals surface area contributed by atoms with Crippen LogP contribution >= 0.6 is 11.8 Å². The Kier molecular flexibility index (Phi) is 9.13. The number of rotatable bonds is 11. The van der Waals surface area contributed by atoms with Crippen molar-refractivity contribution in [3.05, 3.63) is 35.4 Å². The van der Waals surface area contributed by atoms with Gasteiger partial charge >= 0.3 is 6.09 Å².